The molecule has 5 nitrogen and oxygen atoms in total. The number of likely N-dealkylation sites (tertiary alicyclic amines) is 1. The standard InChI is InChI=1S/C24H24ClN3O2S/c1-24(2,3)28-13-16(12-21(28)29)22(30)26-17-8-6-7-15(11-17)20-14-31-23(27-20)18-9-4-5-10-19(18)25/h4-11,14,16H,12-13H2,1-3H3,(H,26,30). The van der Waals surface area contributed by atoms with Gasteiger partial charge in [0.15, 0.2) is 0 Å². The number of halogens is 1. The van der Waals surface area contributed by atoms with Gasteiger partial charge in [-0.2, -0.15) is 0 Å². The molecule has 0 bridgehead atoms. The van der Waals surface area contributed by atoms with Gasteiger partial charge in [-0.05, 0) is 39.0 Å². The molecule has 1 aromatic heterocycles. The molecular weight excluding hydrogens is 430 g/mol. The fourth-order valence-corrected chi connectivity index (χ4v) is 4.85. The Morgan fingerprint density at radius 1 is 1.19 bits per heavy atom. The lowest BCUT2D eigenvalue weighted by Crippen LogP contribution is -2.42. The summed E-state index contributed by atoms with van der Waals surface area (Å²) < 4.78 is 0. The highest BCUT2D eigenvalue weighted by molar-refractivity contribution is 7.13. The van der Waals surface area contributed by atoms with E-state index >= 15 is 0 Å². The highest BCUT2D eigenvalue weighted by Gasteiger charge is 2.39. The van der Waals surface area contributed by atoms with Crippen molar-refractivity contribution in [3.63, 3.8) is 0 Å². The second-order valence-electron chi connectivity index (χ2n) is 8.66. The van der Waals surface area contributed by atoms with Gasteiger partial charge in [0.1, 0.15) is 5.01 Å². The van der Waals surface area contributed by atoms with E-state index in [1.807, 2.05) is 74.7 Å². The van der Waals surface area contributed by atoms with E-state index in [4.69, 9.17) is 16.6 Å². The number of hydrogen-bond donors (Lipinski definition) is 1. The van der Waals surface area contributed by atoms with Crippen LogP contribution in [0.4, 0.5) is 5.69 Å². The fourth-order valence-electron chi connectivity index (χ4n) is 3.70. The molecule has 1 unspecified atom stereocenters. The summed E-state index contributed by atoms with van der Waals surface area (Å²) in [6.07, 6.45) is 0.246. The van der Waals surface area contributed by atoms with Gasteiger partial charge < -0.3 is 10.2 Å². The van der Waals surface area contributed by atoms with Crippen molar-refractivity contribution >= 4 is 40.4 Å². The summed E-state index contributed by atoms with van der Waals surface area (Å²) in [4.78, 5) is 31.6. The minimum absolute atomic E-state index is 0.0241. The van der Waals surface area contributed by atoms with Crippen molar-refractivity contribution in [2.24, 2.45) is 5.92 Å². The smallest absolute Gasteiger partial charge is 0.229 e. The number of carbonyl (C=O) groups is 2. The molecule has 7 heteroatoms. The number of nitrogens with zero attached hydrogens (tertiary/aromatic N) is 2. The molecule has 3 aromatic rings. The Balaban J connectivity index is 1.49. The Hall–Kier alpha value is -2.70. The summed E-state index contributed by atoms with van der Waals surface area (Å²) in [5, 5.41) is 6.47. The molecular formula is C24H24ClN3O2S. The second kappa shape index (κ2) is 8.44. The van der Waals surface area contributed by atoms with E-state index in [1.54, 1.807) is 4.90 Å². The third kappa shape index (κ3) is 4.65. The van der Waals surface area contributed by atoms with Crippen molar-refractivity contribution in [2.75, 3.05) is 11.9 Å². The van der Waals surface area contributed by atoms with Crippen LogP contribution in [0.2, 0.25) is 5.02 Å². The summed E-state index contributed by atoms with van der Waals surface area (Å²) in [5.74, 6) is -0.454. The van der Waals surface area contributed by atoms with Crippen LogP contribution in [0.15, 0.2) is 53.9 Å². The van der Waals surface area contributed by atoms with Gasteiger partial charge in [0.05, 0.1) is 16.6 Å². The molecule has 1 atom stereocenters. The van der Waals surface area contributed by atoms with E-state index in [0.29, 0.717) is 17.3 Å². The van der Waals surface area contributed by atoms with E-state index in [-0.39, 0.29) is 29.7 Å². The molecule has 160 valence electrons. The van der Waals surface area contributed by atoms with Crippen LogP contribution in [0.5, 0.6) is 0 Å². The number of hydrogen-bond acceptors (Lipinski definition) is 4. The summed E-state index contributed by atoms with van der Waals surface area (Å²) in [6.45, 7) is 6.40. The van der Waals surface area contributed by atoms with E-state index in [9.17, 15) is 9.59 Å². The van der Waals surface area contributed by atoms with Crippen molar-refractivity contribution in [3.8, 4) is 21.8 Å². The van der Waals surface area contributed by atoms with Crippen molar-refractivity contribution in [1.82, 2.24) is 9.88 Å². The van der Waals surface area contributed by atoms with Gasteiger partial charge in [0.2, 0.25) is 11.8 Å². The van der Waals surface area contributed by atoms with Crippen LogP contribution < -0.4 is 5.32 Å². The van der Waals surface area contributed by atoms with E-state index in [0.717, 1.165) is 21.8 Å². The predicted molar refractivity (Wildman–Crippen MR) is 126 cm³/mol. The third-order valence-corrected chi connectivity index (χ3v) is 6.55. The minimum atomic E-state index is -0.346. The fraction of sp³-hybridized carbons (Fsp3) is 0.292. The summed E-state index contributed by atoms with van der Waals surface area (Å²) >= 11 is 7.83. The van der Waals surface area contributed by atoms with Gasteiger partial charge in [-0.1, -0.05) is 41.9 Å². The normalized spacial score (nSPS) is 16.6. The van der Waals surface area contributed by atoms with Crippen molar-refractivity contribution < 1.29 is 9.59 Å². The number of carbonyl (C=O) groups excluding carboxylic acids is 2. The number of rotatable bonds is 4. The zero-order valence-corrected chi connectivity index (χ0v) is 19.3. The van der Waals surface area contributed by atoms with Crippen LogP contribution in [0.25, 0.3) is 21.8 Å². The van der Waals surface area contributed by atoms with Gasteiger partial charge >= 0.3 is 0 Å². The monoisotopic (exact) mass is 453 g/mol. The van der Waals surface area contributed by atoms with Crippen LogP contribution in [0.1, 0.15) is 27.2 Å². The Labute approximate surface area is 191 Å². The SMILES string of the molecule is CC(C)(C)N1CC(C(=O)Nc2cccc(-c3csc(-c4ccccc4Cl)n3)c2)CC1=O. The maximum atomic E-state index is 12.8. The first-order chi connectivity index (χ1) is 14.7. The lowest BCUT2D eigenvalue weighted by Gasteiger charge is -2.31. The number of benzene rings is 2. The molecule has 31 heavy (non-hydrogen) atoms. The van der Waals surface area contributed by atoms with Gasteiger partial charge in [-0.25, -0.2) is 4.98 Å². The molecule has 1 aliphatic rings. The van der Waals surface area contributed by atoms with E-state index in [2.05, 4.69) is 5.32 Å². The highest BCUT2D eigenvalue weighted by Crippen LogP contribution is 2.34. The molecule has 0 spiro atoms. The van der Waals surface area contributed by atoms with Gasteiger partial charge in [0, 0.05) is 40.7 Å². The first-order valence-corrected chi connectivity index (χ1v) is 11.4. The van der Waals surface area contributed by atoms with Crippen LogP contribution in [0.3, 0.4) is 0 Å². The van der Waals surface area contributed by atoms with Crippen LogP contribution in [-0.4, -0.2) is 33.8 Å². The first kappa shape index (κ1) is 21.5. The minimum Gasteiger partial charge on any atom is -0.337 e. The van der Waals surface area contributed by atoms with Crippen molar-refractivity contribution in [3.05, 3.63) is 58.9 Å². The van der Waals surface area contributed by atoms with Crippen molar-refractivity contribution in [2.45, 2.75) is 32.7 Å². The summed E-state index contributed by atoms with van der Waals surface area (Å²) in [6, 6.07) is 15.2. The van der Waals surface area contributed by atoms with Gasteiger partial charge in [-0.15, -0.1) is 11.3 Å². The molecule has 2 aromatic carbocycles. The number of amides is 2. The first-order valence-electron chi connectivity index (χ1n) is 10.1. The second-order valence-corrected chi connectivity index (χ2v) is 9.93. The summed E-state index contributed by atoms with van der Waals surface area (Å²) in [7, 11) is 0. The highest BCUT2D eigenvalue weighted by atomic mass is 35.5. The molecule has 1 aliphatic heterocycles. The zero-order valence-electron chi connectivity index (χ0n) is 17.7. The Morgan fingerprint density at radius 2 is 1.97 bits per heavy atom. The molecule has 1 fully saturated rings. The number of aromatic nitrogens is 1. The average Bonchev–Trinajstić information content (AvgIpc) is 3.35. The lowest BCUT2D eigenvalue weighted by atomic mass is 10.1. The molecule has 0 radical (unpaired) electrons. The Kier molecular flexibility index (Phi) is 5.86. The number of anilines is 1. The van der Waals surface area contributed by atoms with Crippen LogP contribution >= 0.6 is 22.9 Å². The maximum absolute atomic E-state index is 12.8. The largest absolute Gasteiger partial charge is 0.337 e. The number of nitrogens with one attached hydrogen (secondary N) is 1. The Bertz CT molecular complexity index is 1140. The third-order valence-electron chi connectivity index (χ3n) is 5.34. The molecule has 1 N–H and O–H groups in total. The quantitative estimate of drug-likeness (QED) is 0.549. The average molecular weight is 454 g/mol. The molecule has 1 saturated heterocycles. The zero-order chi connectivity index (χ0) is 22.2. The predicted octanol–water partition coefficient (Wildman–Crippen LogP) is 5.72. The molecule has 0 aliphatic carbocycles. The van der Waals surface area contributed by atoms with Gasteiger partial charge in [0.25, 0.3) is 0 Å². The van der Waals surface area contributed by atoms with Crippen molar-refractivity contribution in [1.29, 1.82) is 0 Å². The van der Waals surface area contributed by atoms with Gasteiger partial charge in [-0.3, -0.25) is 9.59 Å². The lowest BCUT2D eigenvalue weighted by molar-refractivity contribution is -0.131. The van der Waals surface area contributed by atoms with E-state index in [1.165, 1.54) is 11.3 Å². The maximum Gasteiger partial charge on any atom is 0.229 e. The Morgan fingerprint density at radius 3 is 2.68 bits per heavy atom. The summed E-state index contributed by atoms with van der Waals surface area (Å²) in [5.41, 5.74) is 3.04. The molecule has 2 heterocycles. The molecule has 2 amide bonds. The topological polar surface area (TPSA) is 62.3 Å². The molecule has 0 saturated carbocycles. The van der Waals surface area contributed by atoms with E-state index < -0.39 is 0 Å². The molecule has 4 rings (SSSR count). The number of thiazole rings is 1. The van der Waals surface area contributed by atoms with Crippen LogP contribution in [0, 0.1) is 5.92 Å². The van der Waals surface area contributed by atoms with Crippen LogP contribution in [-0.2, 0) is 9.59 Å².